The lowest BCUT2D eigenvalue weighted by Gasteiger charge is -2.36. The summed E-state index contributed by atoms with van der Waals surface area (Å²) < 4.78 is 0. The van der Waals surface area contributed by atoms with Crippen LogP contribution in [0.15, 0.2) is 48.5 Å². The molecule has 3 aliphatic rings. The van der Waals surface area contributed by atoms with Crippen molar-refractivity contribution < 1.29 is 5.11 Å². The normalized spacial score (nSPS) is 31.5. The summed E-state index contributed by atoms with van der Waals surface area (Å²) in [7, 11) is 0. The van der Waals surface area contributed by atoms with Crippen LogP contribution in [0.25, 0.3) is 0 Å². The molecule has 5 rings (SSSR count). The van der Waals surface area contributed by atoms with Gasteiger partial charge in [0.15, 0.2) is 0 Å². The van der Waals surface area contributed by atoms with Gasteiger partial charge in [-0.25, -0.2) is 0 Å². The molecule has 0 fully saturated rings. The molecule has 2 aromatic carbocycles. The summed E-state index contributed by atoms with van der Waals surface area (Å²) in [6.45, 7) is 2.00. The van der Waals surface area contributed by atoms with E-state index in [1.54, 1.807) is 0 Å². The minimum Gasteiger partial charge on any atom is -0.389 e. The van der Waals surface area contributed by atoms with Crippen LogP contribution in [-0.2, 0) is 0 Å². The van der Waals surface area contributed by atoms with Crippen molar-refractivity contribution in [1.29, 1.82) is 0 Å². The molecule has 19 heavy (non-hydrogen) atoms. The molecule has 1 heteroatoms. The van der Waals surface area contributed by atoms with Crippen molar-refractivity contribution in [3.05, 3.63) is 70.8 Å². The van der Waals surface area contributed by atoms with E-state index in [2.05, 4.69) is 48.5 Å². The fourth-order valence-electron chi connectivity index (χ4n) is 4.08. The van der Waals surface area contributed by atoms with Crippen LogP contribution in [0.2, 0.25) is 0 Å². The molecule has 3 aliphatic carbocycles. The van der Waals surface area contributed by atoms with Gasteiger partial charge < -0.3 is 5.11 Å². The average molecular weight is 250 g/mol. The quantitative estimate of drug-likeness (QED) is 0.754. The molecule has 0 saturated carbocycles. The van der Waals surface area contributed by atoms with Gasteiger partial charge >= 0.3 is 0 Å². The van der Waals surface area contributed by atoms with E-state index >= 15 is 0 Å². The predicted molar refractivity (Wildman–Crippen MR) is 76.4 cm³/mol. The topological polar surface area (TPSA) is 20.2 Å². The van der Waals surface area contributed by atoms with Crippen molar-refractivity contribution in [3.63, 3.8) is 0 Å². The molecule has 1 N–H and O–H groups in total. The second kappa shape index (κ2) is 3.71. The monoisotopic (exact) mass is 250 g/mol. The third-order valence-electron chi connectivity index (χ3n) is 4.93. The number of benzene rings is 2. The van der Waals surface area contributed by atoms with Crippen LogP contribution >= 0.6 is 0 Å². The van der Waals surface area contributed by atoms with Gasteiger partial charge in [-0.1, -0.05) is 48.5 Å². The van der Waals surface area contributed by atoms with Crippen molar-refractivity contribution in [2.45, 2.75) is 37.2 Å². The van der Waals surface area contributed by atoms with Gasteiger partial charge in [0.2, 0.25) is 0 Å². The highest BCUT2D eigenvalue weighted by molar-refractivity contribution is 5.55. The molecule has 2 aromatic rings. The maximum absolute atomic E-state index is 10.9. The van der Waals surface area contributed by atoms with Crippen LogP contribution in [0.1, 0.15) is 53.9 Å². The summed E-state index contributed by atoms with van der Waals surface area (Å²) in [5.41, 5.74) is 4.85. The van der Waals surface area contributed by atoms with Gasteiger partial charge in [-0.05, 0) is 42.0 Å². The van der Waals surface area contributed by atoms with Crippen LogP contribution in [0.4, 0.5) is 0 Å². The Labute approximate surface area is 113 Å². The maximum atomic E-state index is 10.9. The summed E-state index contributed by atoms with van der Waals surface area (Å²) in [5.74, 6) is 0.580. The molecule has 1 nitrogen and oxygen atoms in total. The van der Waals surface area contributed by atoms with Gasteiger partial charge in [0.05, 0.1) is 5.60 Å². The van der Waals surface area contributed by atoms with Crippen LogP contribution in [-0.4, -0.2) is 10.7 Å². The fraction of sp³-hybridized carbons (Fsp3) is 0.333. The van der Waals surface area contributed by atoms with Crippen molar-refractivity contribution >= 4 is 0 Å². The first kappa shape index (κ1) is 11.2. The maximum Gasteiger partial charge on any atom is 0.0729 e. The van der Waals surface area contributed by atoms with Gasteiger partial charge in [0.25, 0.3) is 0 Å². The third-order valence-corrected chi connectivity index (χ3v) is 4.93. The Bertz CT molecular complexity index is 594. The summed E-state index contributed by atoms with van der Waals surface area (Å²) in [5, 5.41) is 10.9. The lowest BCUT2D eigenvalue weighted by Crippen LogP contribution is -2.33. The van der Waals surface area contributed by atoms with Crippen LogP contribution < -0.4 is 0 Å². The van der Waals surface area contributed by atoms with Gasteiger partial charge in [-0.15, -0.1) is 0 Å². The van der Waals surface area contributed by atoms with Crippen LogP contribution in [0, 0.1) is 0 Å². The van der Waals surface area contributed by atoms with Crippen molar-refractivity contribution in [1.82, 2.24) is 0 Å². The summed E-state index contributed by atoms with van der Waals surface area (Å²) >= 11 is 0. The highest BCUT2D eigenvalue weighted by Crippen LogP contribution is 2.53. The zero-order valence-electron chi connectivity index (χ0n) is 11.1. The molecule has 0 heterocycles. The number of fused-ring (bicyclic) bond motifs is 2. The Kier molecular flexibility index (Phi) is 2.19. The van der Waals surface area contributed by atoms with Gasteiger partial charge in [0, 0.05) is 11.8 Å². The Morgan fingerprint density at radius 2 is 1.37 bits per heavy atom. The van der Waals surface area contributed by atoms with E-state index in [9.17, 15) is 5.11 Å². The largest absolute Gasteiger partial charge is 0.389 e. The second-order valence-electron chi connectivity index (χ2n) is 6.14. The smallest absolute Gasteiger partial charge is 0.0729 e. The van der Waals surface area contributed by atoms with E-state index < -0.39 is 5.60 Å². The van der Waals surface area contributed by atoms with Crippen LogP contribution in [0.5, 0.6) is 0 Å². The Morgan fingerprint density at radius 1 is 0.895 bits per heavy atom. The molecule has 1 unspecified atom stereocenters. The van der Waals surface area contributed by atoms with Crippen LogP contribution in [0.3, 0.4) is 0 Å². The first-order valence-corrected chi connectivity index (χ1v) is 7.08. The highest BCUT2D eigenvalue weighted by atomic mass is 16.3. The number of aliphatic hydroxyl groups is 1. The van der Waals surface area contributed by atoms with Crippen molar-refractivity contribution in [2.75, 3.05) is 0 Å². The molecule has 0 radical (unpaired) electrons. The zero-order valence-corrected chi connectivity index (χ0v) is 11.1. The third kappa shape index (κ3) is 1.45. The Hall–Kier alpha value is -1.60. The van der Waals surface area contributed by atoms with Gasteiger partial charge in [-0.2, -0.15) is 0 Å². The minimum absolute atomic E-state index is 0.124. The lowest BCUT2D eigenvalue weighted by atomic mass is 9.70. The summed E-state index contributed by atoms with van der Waals surface area (Å²) in [6, 6.07) is 17.3. The molecule has 96 valence electrons. The minimum atomic E-state index is -0.641. The van der Waals surface area contributed by atoms with Gasteiger partial charge in [0.1, 0.15) is 0 Å². The Balaban J connectivity index is 2.07. The number of rotatable bonds is 0. The van der Waals surface area contributed by atoms with E-state index in [0.717, 1.165) is 12.8 Å². The van der Waals surface area contributed by atoms with E-state index in [1.807, 2.05) is 6.92 Å². The zero-order chi connectivity index (χ0) is 13.0. The summed E-state index contributed by atoms with van der Waals surface area (Å²) in [6.07, 6.45) is 1.91. The van der Waals surface area contributed by atoms with Crippen molar-refractivity contribution in [2.24, 2.45) is 0 Å². The average Bonchev–Trinajstić information content (AvgIpc) is 2.61. The van der Waals surface area contributed by atoms with Crippen molar-refractivity contribution in [3.8, 4) is 0 Å². The van der Waals surface area contributed by atoms with E-state index in [-0.39, 0.29) is 5.92 Å². The SMILES string of the molecule is CC1(O)CCC2c3ccccc3C1c1ccccc12. The Morgan fingerprint density at radius 3 is 1.89 bits per heavy atom. The van der Waals surface area contributed by atoms with E-state index in [4.69, 9.17) is 0 Å². The number of hydrogen-bond donors (Lipinski definition) is 1. The summed E-state index contributed by atoms with van der Waals surface area (Å²) in [4.78, 5) is 0. The molecular weight excluding hydrogens is 232 g/mol. The molecule has 0 aromatic heterocycles. The highest BCUT2D eigenvalue weighted by Gasteiger charge is 2.45. The van der Waals surface area contributed by atoms with Gasteiger partial charge in [-0.3, -0.25) is 0 Å². The molecule has 1 atom stereocenters. The molecule has 0 saturated heterocycles. The standard InChI is InChI=1S/C18H18O/c1-18(19)11-10-14-12-6-2-4-8-15(12)17(18)16-9-5-3-7-13(14)16/h2-9,14,17,19H,10-11H2,1H3. The fourth-order valence-corrected chi connectivity index (χ4v) is 4.08. The lowest BCUT2D eigenvalue weighted by molar-refractivity contribution is 0.0366. The first-order chi connectivity index (χ1) is 9.18. The molecule has 0 aliphatic heterocycles. The molecule has 0 amide bonds. The van der Waals surface area contributed by atoms with E-state index in [0.29, 0.717) is 5.92 Å². The number of hydrogen-bond acceptors (Lipinski definition) is 1. The van der Waals surface area contributed by atoms with E-state index in [1.165, 1.54) is 22.3 Å². The second-order valence-corrected chi connectivity index (χ2v) is 6.14. The molecule has 2 bridgehead atoms. The predicted octanol–water partition coefficient (Wildman–Crippen LogP) is 3.81. The molecule has 0 spiro atoms. The molecular formula is C18H18O. The first-order valence-electron chi connectivity index (χ1n) is 7.08.